The lowest BCUT2D eigenvalue weighted by Gasteiger charge is -2.26. The van der Waals surface area contributed by atoms with Crippen molar-refractivity contribution in [1.82, 2.24) is 0 Å². The van der Waals surface area contributed by atoms with Crippen molar-refractivity contribution < 1.29 is 4.92 Å². The predicted molar refractivity (Wildman–Crippen MR) is 67.6 cm³/mol. The van der Waals surface area contributed by atoms with Crippen LogP contribution in [0.25, 0.3) is 0 Å². The van der Waals surface area contributed by atoms with Crippen molar-refractivity contribution in [2.75, 3.05) is 11.9 Å². The molecule has 0 aliphatic heterocycles. The van der Waals surface area contributed by atoms with Gasteiger partial charge in [0.1, 0.15) is 0 Å². The highest BCUT2D eigenvalue weighted by molar-refractivity contribution is 9.10. The predicted octanol–water partition coefficient (Wildman–Crippen LogP) is 2.51. The van der Waals surface area contributed by atoms with Gasteiger partial charge in [-0.2, -0.15) is 0 Å². The first-order chi connectivity index (χ1) is 7.35. The van der Waals surface area contributed by atoms with Crippen LogP contribution in [-0.4, -0.2) is 17.0 Å². The fourth-order valence-electron chi connectivity index (χ4n) is 1.13. The van der Waals surface area contributed by atoms with E-state index in [-0.39, 0.29) is 11.2 Å². The van der Waals surface area contributed by atoms with Crippen LogP contribution in [-0.2, 0) is 0 Å². The Hall–Kier alpha value is -1.14. The highest BCUT2D eigenvalue weighted by Gasteiger charge is 2.17. The van der Waals surface area contributed by atoms with Gasteiger partial charge in [-0.05, 0) is 35.8 Å². The molecule has 16 heavy (non-hydrogen) atoms. The van der Waals surface area contributed by atoms with Gasteiger partial charge in [-0.15, -0.1) is 0 Å². The van der Waals surface area contributed by atoms with Gasteiger partial charge in [-0.1, -0.05) is 0 Å². The first-order valence-electron chi connectivity index (χ1n) is 4.78. The van der Waals surface area contributed by atoms with E-state index in [1.807, 2.05) is 13.8 Å². The van der Waals surface area contributed by atoms with E-state index in [1.54, 1.807) is 6.07 Å². The zero-order valence-electron chi connectivity index (χ0n) is 9.16. The molecule has 0 unspecified atom stereocenters. The van der Waals surface area contributed by atoms with E-state index in [0.717, 1.165) is 5.69 Å². The molecule has 5 nitrogen and oxygen atoms in total. The fourth-order valence-corrected chi connectivity index (χ4v) is 1.60. The Labute approximate surface area is 102 Å². The Balaban J connectivity index is 2.96. The molecule has 0 radical (unpaired) electrons. The maximum Gasteiger partial charge on any atom is 0.270 e. The van der Waals surface area contributed by atoms with Crippen LogP contribution in [0.15, 0.2) is 22.7 Å². The minimum absolute atomic E-state index is 0.0583. The summed E-state index contributed by atoms with van der Waals surface area (Å²) in [6, 6.07) is 4.59. The number of nitrogens with two attached hydrogens (primary N) is 1. The Morgan fingerprint density at radius 1 is 1.56 bits per heavy atom. The summed E-state index contributed by atoms with van der Waals surface area (Å²) in [5.74, 6) is 0. The summed E-state index contributed by atoms with van der Waals surface area (Å²) in [6.07, 6.45) is 0. The molecule has 0 bridgehead atoms. The number of rotatable bonds is 4. The summed E-state index contributed by atoms with van der Waals surface area (Å²) in [6.45, 7) is 4.39. The number of nitro benzene ring substituents is 1. The largest absolute Gasteiger partial charge is 0.378 e. The van der Waals surface area contributed by atoms with Gasteiger partial charge >= 0.3 is 0 Å². The second kappa shape index (κ2) is 4.80. The van der Waals surface area contributed by atoms with E-state index < -0.39 is 4.92 Å². The maximum atomic E-state index is 10.6. The van der Waals surface area contributed by atoms with Crippen molar-refractivity contribution in [2.45, 2.75) is 19.4 Å². The van der Waals surface area contributed by atoms with Gasteiger partial charge in [0.2, 0.25) is 0 Å². The third kappa shape index (κ3) is 3.18. The third-order valence-corrected chi connectivity index (χ3v) is 2.80. The minimum atomic E-state index is -0.428. The second-order valence-corrected chi connectivity index (χ2v) is 4.99. The van der Waals surface area contributed by atoms with Crippen molar-refractivity contribution in [3.63, 3.8) is 0 Å². The van der Waals surface area contributed by atoms with Crippen molar-refractivity contribution in [3.05, 3.63) is 32.8 Å². The third-order valence-electron chi connectivity index (χ3n) is 2.15. The molecule has 0 amide bonds. The summed E-state index contributed by atoms with van der Waals surface area (Å²) in [7, 11) is 0. The van der Waals surface area contributed by atoms with E-state index in [9.17, 15) is 10.1 Å². The van der Waals surface area contributed by atoms with Gasteiger partial charge in [0, 0.05) is 34.4 Å². The smallest absolute Gasteiger partial charge is 0.270 e. The molecule has 3 N–H and O–H groups in total. The summed E-state index contributed by atoms with van der Waals surface area (Å²) in [5.41, 5.74) is 6.20. The van der Waals surface area contributed by atoms with Crippen LogP contribution in [0.4, 0.5) is 11.4 Å². The first kappa shape index (κ1) is 12.9. The molecule has 0 spiro atoms. The molecule has 0 aromatic heterocycles. The van der Waals surface area contributed by atoms with Crippen molar-refractivity contribution >= 4 is 27.3 Å². The van der Waals surface area contributed by atoms with Crippen LogP contribution >= 0.6 is 15.9 Å². The van der Waals surface area contributed by atoms with Gasteiger partial charge in [0.15, 0.2) is 0 Å². The molecule has 0 saturated heterocycles. The highest BCUT2D eigenvalue weighted by atomic mass is 79.9. The number of halogens is 1. The van der Waals surface area contributed by atoms with Crippen LogP contribution in [0.5, 0.6) is 0 Å². The molecule has 88 valence electrons. The number of nitrogens with zero attached hydrogens (tertiary/aromatic N) is 1. The van der Waals surface area contributed by atoms with Gasteiger partial charge in [-0.25, -0.2) is 0 Å². The number of benzene rings is 1. The summed E-state index contributed by atoms with van der Waals surface area (Å²) in [5, 5.41) is 13.8. The SMILES string of the molecule is CC(C)(CN)Nc1ccc([N+](=O)[O-])cc1Br. The van der Waals surface area contributed by atoms with Gasteiger partial charge in [0.05, 0.1) is 4.92 Å². The number of nitrogens with one attached hydrogen (secondary N) is 1. The Kier molecular flexibility index (Phi) is 3.88. The van der Waals surface area contributed by atoms with Crippen LogP contribution in [0.1, 0.15) is 13.8 Å². The summed E-state index contributed by atoms with van der Waals surface area (Å²) >= 11 is 3.29. The molecule has 0 aliphatic carbocycles. The number of anilines is 1. The van der Waals surface area contributed by atoms with Crippen molar-refractivity contribution in [1.29, 1.82) is 0 Å². The Bertz CT molecular complexity index is 407. The van der Waals surface area contributed by atoms with E-state index >= 15 is 0 Å². The summed E-state index contributed by atoms with van der Waals surface area (Å²) < 4.78 is 0.656. The molecule has 0 saturated carbocycles. The van der Waals surface area contributed by atoms with E-state index in [1.165, 1.54) is 12.1 Å². The fraction of sp³-hybridized carbons (Fsp3) is 0.400. The zero-order chi connectivity index (χ0) is 12.3. The molecule has 0 atom stereocenters. The molecule has 1 rings (SSSR count). The molecule has 0 aliphatic rings. The lowest BCUT2D eigenvalue weighted by atomic mass is 10.1. The molecule has 1 aromatic rings. The van der Waals surface area contributed by atoms with Crippen LogP contribution in [0, 0.1) is 10.1 Å². The van der Waals surface area contributed by atoms with Gasteiger partial charge in [0.25, 0.3) is 5.69 Å². The first-order valence-corrected chi connectivity index (χ1v) is 5.57. The number of non-ortho nitro benzene ring substituents is 1. The monoisotopic (exact) mass is 287 g/mol. The zero-order valence-corrected chi connectivity index (χ0v) is 10.7. The molecule has 6 heteroatoms. The van der Waals surface area contributed by atoms with E-state index in [0.29, 0.717) is 11.0 Å². The van der Waals surface area contributed by atoms with E-state index in [4.69, 9.17) is 5.73 Å². The molecule has 1 aromatic carbocycles. The average Bonchev–Trinajstić information content (AvgIpc) is 2.20. The Morgan fingerprint density at radius 2 is 2.19 bits per heavy atom. The lowest BCUT2D eigenvalue weighted by Crippen LogP contribution is -2.39. The van der Waals surface area contributed by atoms with Crippen LogP contribution < -0.4 is 11.1 Å². The second-order valence-electron chi connectivity index (χ2n) is 4.13. The topological polar surface area (TPSA) is 81.2 Å². The molecule has 0 heterocycles. The molecular weight excluding hydrogens is 274 g/mol. The molecular formula is C10H14BrN3O2. The standard InChI is InChI=1S/C10H14BrN3O2/c1-10(2,6-12)13-9-4-3-7(14(15)16)5-8(9)11/h3-5,13H,6,12H2,1-2H3. The average molecular weight is 288 g/mol. The van der Waals surface area contributed by atoms with Gasteiger partial charge < -0.3 is 11.1 Å². The van der Waals surface area contributed by atoms with Crippen molar-refractivity contribution in [2.24, 2.45) is 5.73 Å². The van der Waals surface area contributed by atoms with Gasteiger partial charge in [-0.3, -0.25) is 10.1 Å². The maximum absolute atomic E-state index is 10.6. The van der Waals surface area contributed by atoms with E-state index in [2.05, 4.69) is 21.2 Å². The number of hydrogen-bond donors (Lipinski definition) is 2. The number of hydrogen-bond acceptors (Lipinski definition) is 4. The lowest BCUT2D eigenvalue weighted by molar-refractivity contribution is -0.384. The number of nitro groups is 1. The van der Waals surface area contributed by atoms with Crippen LogP contribution in [0.2, 0.25) is 0 Å². The molecule has 0 fully saturated rings. The quantitative estimate of drug-likeness (QED) is 0.659. The highest BCUT2D eigenvalue weighted by Crippen LogP contribution is 2.28. The van der Waals surface area contributed by atoms with Crippen molar-refractivity contribution in [3.8, 4) is 0 Å². The Morgan fingerprint density at radius 3 is 2.62 bits per heavy atom. The summed E-state index contributed by atoms with van der Waals surface area (Å²) in [4.78, 5) is 10.1. The minimum Gasteiger partial charge on any atom is -0.378 e. The normalized spacial score (nSPS) is 11.2. The van der Waals surface area contributed by atoms with Crippen LogP contribution in [0.3, 0.4) is 0 Å².